The first kappa shape index (κ1) is 12.7. The summed E-state index contributed by atoms with van der Waals surface area (Å²) in [6.45, 7) is 0.424. The van der Waals surface area contributed by atoms with E-state index < -0.39 is 25.2 Å². The zero-order chi connectivity index (χ0) is 12.2. The Kier molecular flexibility index (Phi) is 4.05. The highest BCUT2D eigenvalue weighted by Crippen LogP contribution is 2.14. The number of ether oxygens (including phenoxy) is 1. The van der Waals surface area contributed by atoms with E-state index in [2.05, 4.69) is 9.84 Å². The van der Waals surface area contributed by atoms with E-state index in [4.69, 9.17) is 0 Å². The number of hydrogen-bond donors (Lipinski definition) is 0. The summed E-state index contributed by atoms with van der Waals surface area (Å²) in [6.07, 6.45) is -1.63. The summed E-state index contributed by atoms with van der Waals surface area (Å²) in [5.74, 6) is -0.510. The van der Waals surface area contributed by atoms with Crippen LogP contribution in [0.1, 0.15) is 17.3 Å². The van der Waals surface area contributed by atoms with Crippen LogP contribution < -0.4 is 0 Å². The van der Waals surface area contributed by atoms with Gasteiger partial charge in [0, 0.05) is 12.7 Å². The second-order valence-corrected chi connectivity index (χ2v) is 3.12. The van der Waals surface area contributed by atoms with Gasteiger partial charge < -0.3 is 4.74 Å². The predicted octanol–water partition coefficient (Wildman–Crippen LogP) is 1.66. The van der Waals surface area contributed by atoms with Crippen molar-refractivity contribution in [2.24, 2.45) is 0 Å². The Bertz CT molecular complexity index is 360. The van der Waals surface area contributed by atoms with Gasteiger partial charge in [0.15, 0.2) is 5.78 Å². The third-order valence-corrected chi connectivity index (χ3v) is 1.78. The maximum atomic E-state index is 11.7. The third kappa shape index (κ3) is 4.01. The van der Waals surface area contributed by atoms with E-state index in [0.717, 1.165) is 0 Å². The minimum Gasteiger partial charge on any atom is -0.364 e. The maximum Gasteiger partial charge on any atom is 0.411 e. The van der Waals surface area contributed by atoms with Gasteiger partial charge in [-0.1, -0.05) is 0 Å². The Morgan fingerprint density at radius 2 is 2.25 bits per heavy atom. The topological polar surface area (TPSA) is 44.1 Å². The molecule has 0 N–H and O–H groups in total. The average Bonchev–Trinajstić information content (AvgIpc) is 2.63. The van der Waals surface area contributed by atoms with Crippen LogP contribution in [0.25, 0.3) is 0 Å². The van der Waals surface area contributed by atoms with Crippen molar-refractivity contribution < 1.29 is 22.7 Å². The quantitative estimate of drug-likeness (QED) is 0.730. The summed E-state index contributed by atoms with van der Waals surface area (Å²) in [7, 11) is 0. The van der Waals surface area contributed by atoms with Crippen molar-refractivity contribution in [2.75, 3.05) is 13.2 Å². The molecule has 1 aromatic rings. The highest BCUT2D eigenvalue weighted by atomic mass is 19.4. The maximum absolute atomic E-state index is 11.7. The molecule has 90 valence electrons. The summed E-state index contributed by atoms with van der Waals surface area (Å²) in [5.41, 5.74) is 0.254. The lowest BCUT2D eigenvalue weighted by Gasteiger charge is -2.05. The van der Waals surface area contributed by atoms with Gasteiger partial charge in [-0.2, -0.15) is 18.3 Å². The van der Waals surface area contributed by atoms with Gasteiger partial charge in [0.2, 0.25) is 0 Å². The molecule has 0 fully saturated rings. The Morgan fingerprint density at radius 3 is 2.75 bits per heavy atom. The number of ketones is 1. The summed E-state index contributed by atoms with van der Waals surface area (Å²) in [6, 6.07) is 0. The number of hydrogen-bond acceptors (Lipinski definition) is 3. The minimum atomic E-state index is -4.41. The molecule has 1 rings (SSSR count). The second-order valence-electron chi connectivity index (χ2n) is 3.12. The van der Waals surface area contributed by atoms with Gasteiger partial charge in [-0.05, 0) is 6.92 Å². The molecule has 16 heavy (non-hydrogen) atoms. The van der Waals surface area contributed by atoms with Crippen molar-refractivity contribution in [1.82, 2.24) is 9.78 Å². The Morgan fingerprint density at radius 1 is 1.56 bits per heavy atom. The second kappa shape index (κ2) is 5.11. The van der Waals surface area contributed by atoms with Crippen molar-refractivity contribution in [3.63, 3.8) is 0 Å². The van der Waals surface area contributed by atoms with E-state index in [1.807, 2.05) is 6.92 Å². The largest absolute Gasteiger partial charge is 0.411 e. The van der Waals surface area contributed by atoms with Gasteiger partial charge in [0.25, 0.3) is 0 Å². The minimum absolute atomic E-state index is 0.254. The zero-order valence-corrected chi connectivity index (χ0v) is 8.62. The molecule has 0 bridgehead atoms. The monoisotopic (exact) mass is 236 g/mol. The summed E-state index contributed by atoms with van der Waals surface area (Å²) in [4.78, 5) is 11.3. The Labute approximate surface area is 90.0 Å². The first-order valence-electron chi connectivity index (χ1n) is 4.62. The average molecular weight is 236 g/mol. The van der Waals surface area contributed by atoms with E-state index >= 15 is 0 Å². The van der Waals surface area contributed by atoms with E-state index in [1.165, 1.54) is 17.1 Å². The van der Waals surface area contributed by atoms with Crippen molar-refractivity contribution in [2.45, 2.75) is 19.6 Å². The number of halogens is 3. The van der Waals surface area contributed by atoms with Crippen molar-refractivity contribution in [1.29, 1.82) is 0 Å². The number of aromatic nitrogens is 2. The van der Waals surface area contributed by atoms with Crippen molar-refractivity contribution >= 4 is 5.78 Å². The zero-order valence-electron chi connectivity index (χ0n) is 8.62. The molecule has 0 saturated heterocycles. The van der Waals surface area contributed by atoms with Gasteiger partial charge in [0.1, 0.15) is 13.2 Å². The number of Topliss-reactive ketones (excluding diaryl/α,β-unsaturated/α-hetero) is 1. The molecule has 0 atom stereocenters. The predicted molar refractivity (Wildman–Crippen MR) is 49.1 cm³/mol. The molecule has 7 heteroatoms. The third-order valence-electron chi connectivity index (χ3n) is 1.78. The smallest absolute Gasteiger partial charge is 0.364 e. The lowest BCUT2D eigenvalue weighted by atomic mass is 10.2. The number of rotatable bonds is 5. The molecule has 0 spiro atoms. The molecular formula is C9H11F3N2O2. The van der Waals surface area contributed by atoms with Gasteiger partial charge in [-0.3, -0.25) is 9.48 Å². The molecule has 0 saturated carbocycles. The fourth-order valence-corrected chi connectivity index (χ4v) is 1.02. The van der Waals surface area contributed by atoms with Gasteiger partial charge in [-0.25, -0.2) is 0 Å². The molecule has 0 aliphatic rings. The lowest BCUT2D eigenvalue weighted by Crippen LogP contribution is -2.20. The van der Waals surface area contributed by atoms with Crippen LogP contribution in [-0.2, 0) is 11.3 Å². The van der Waals surface area contributed by atoms with Crippen LogP contribution in [0.2, 0.25) is 0 Å². The molecule has 0 amide bonds. The standard InChI is InChI=1S/C9H11F3N2O2/c1-2-14-4-7(3-13-14)8(15)5-16-6-9(10,11)12/h3-4H,2,5-6H2,1H3. The molecule has 0 unspecified atom stereocenters. The SMILES string of the molecule is CCn1cc(C(=O)COCC(F)(F)F)cn1. The highest BCUT2D eigenvalue weighted by molar-refractivity contribution is 5.96. The van der Waals surface area contributed by atoms with Crippen LogP contribution in [0.4, 0.5) is 13.2 Å². The van der Waals surface area contributed by atoms with Crippen LogP contribution in [0, 0.1) is 0 Å². The number of aryl methyl sites for hydroxylation is 1. The molecular weight excluding hydrogens is 225 g/mol. The Balaban J connectivity index is 2.41. The molecule has 0 aliphatic heterocycles. The van der Waals surface area contributed by atoms with E-state index in [0.29, 0.717) is 6.54 Å². The molecule has 0 radical (unpaired) electrons. The van der Waals surface area contributed by atoms with Crippen LogP contribution >= 0.6 is 0 Å². The number of carbonyl (C=O) groups is 1. The van der Waals surface area contributed by atoms with Gasteiger partial charge in [0.05, 0.1) is 11.8 Å². The van der Waals surface area contributed by atoms with E-state index in [9.17, 15) is 18.0 Å². The summed E-state index contributed by atoms with van der Waals surface area (Å²) >= 11 is 0. The van der Waals surface area contributed by atoms with Crippen molar-refractivity contribution in [3.8, 4) is 0 Å². The van der Waals surface area contributed by atoms with Crippen LogP contribution in [0.15, 0.2) is 12.4 Å². The molecule has 1 heterocycles. The van der Waals surface area contributed by atoms with Crippen molar-refractivity contribution in [3.05, 3.63) is 18.0 Å². The lowest BCUT2D eigenvalue weighted by molar-refractivity contribution is -0.170. The highest BCUT2D eigenvalue weighted by Gasteiger charge is 2.27. The van der Waals surface area contributed by atoms with Crippen LogP contribution in [-0.4, -0.2) is 35.0 Å². The van der Waals surface area contributed by atoms with Gasteiger partial charge in [-0.15, -0.1) is 0 Å². The van der Waals surface area contributed by atoms with Crippen LogP contribution in [0.3, 0.4) is 0 Å². The molecule has 1 aromatic heterocycles. The first-order valence-corrected chi connectivity index (χ1v) is 4.62. The molecule has 4 nitrogen and oxygen atoms in total. The normalized spacial score (nSPS) is 11.8. The number of alkyl halides is 3. The molecule has 0 aliphatic carbocycles. The number of carbonyl (C=O) groups excluding carboxylic acids is 1. The fourth-order valence-electron chi connectivity index (χ4n) is 1.02. The Hall–Kier alpha value is -1.37. The summed E-state index contributed by atoms with van der Waals surface area (Å²) in [5, 5.41) is 3.83. The molecule has 0 aromatic carbocycles. The van der Waals surface area contributed by atoms with Gasteiger partial charge >= 0.3 is 6.18 Å². The summed E-state index contributed by atoms with van der Waals surface area (Å²) < 4.78 is 40.9. The number of nitrogens with zero attached hydrogens (tertiary/aromatic N) is 2. The van der Waals surface area contributed by atoms with E-state index in [-0.39, 0.29) is 5.56 Å². The van der Waals surface area contributed by atoms with E-state index in [1.54, 1.807) is 0 Å². The first-order chi connectivity index (χ1) is 7.42. The fraction of sp³-hybridized carbons (Fsp3) is 0.556. The van der Waals surface area contributed by atoms with Crippen LogP contribution in [0.5, 0.6) is 0 Å².